The van der Waals surface area contributed by atoms with E-state index < -0.39 is 0 Å². The first-order chi connectivity index (χ1) is 15.1. The molecule has 0 N–H and O–H groups in total. The minimum absolute atomic E-state index is 0.0649. The third-order valence-electron chi connectivity index (χ3n) is 7.13. The smallest absolute Gasteiger partial charge is 0.310 e. The van der Waals surface area contributed by atoms with Crippen LogP contribution in [0, 0.1) is 17.8 Å². The number of unbranched alkanes of at least 4 members (excludes halogenated alkanes) is 7. The Kier molecular flexibility index (Phi) is 13.3. The van der Waals surface area contributed by atoms with E-state index in [1.165, 1.54) is 51.4 Å². The van der Waals surface area contributed by atoms with Gasteiger partial charge >= 0.3 is 11.9 Å². The van der Waals surface area contributed by atoms with Crippen molar-refractivity contribution in [3.05, 3.63) is 0 Å². The number of carbonyl (C=O) groups is 2. The van der Waals surface area contributed by atoms with Crippen LogP contribution >= 0.6 is 0 Å². The maximum absolute atomic E-state index is 12.7. The van der Waals surface area contributed by atoms with Crippen molar-refractivity contribution in [3.63, 3.8) is 0 Å². The lowest BCUT2D eigenvalue weighted by Crippen LogP contribution is -2.37. The molecule has 0 aromatic carbocycles. The van der Waals surface area contributed by atoms with E-state index in [2.05, 4.69) is 13.8 Å². The fourth-order valence-corrected chi connectivity index (χ4v) is 5.12. The molecule has 0 bridgehead atoms. The monoisotopic (exact) mass is 436 g/mol. The van der Waals surface area contributed by atoms with E-state index in [-0.39, 0.29) is 29.9 Å². The van der Waals surface area contributed by atoms with Crippen LogP contribution in [0.5, 0.6) is 0 Å². The van der Waals surface area contributed by atoms with E-state index in [0.717, 1.165) is 70.1 Å². The van der Waals surface area contributed by atoms with Gasteiger partial charge in [0.1, 0.15) is 6.10 Å². The number of hydrogen-bond acceptors (Lipinski definition) is 4. The standard InChI is InChI=1S/C27H48O4/c1-22(2)16-10-7-5-3-4-6-8-15-21-30-26(28)24-19-13-14-20-25(24)27(29)31-23-17-11-9-12-18-23/h22-25H,3-21H2,1-2H3. The van der Waals surface area contributed by atoms with Crippen molar-refractivity contribution in [3.8, 4) is 0 Å². The van der Waals surface area contributed by atoms with Gasteiger partial charge in [0, 0.05) is 0 Å². The zero-order chi connectivity index (χ0) is 22.3. The van der Waals surface area contributed by atoms with Crippen LogP contribution in [-0.2, 0) is 19.1 Å². The molecule has 0 aromatic rings. The molecule has 2 rings (SSSR count). The maximum atomic E-state index is 12.7. The Balaban J connectivity index is 1.55. The van der Waals surface area contributed by atoms with E-state index in [9.17, 15) is 9.59 Å². The minimum atomic E-state index is -0.296. The summed E-state index contributed by atoms with van der Waals surface area (Å²) in [5.41, 5.74) is 0. The first-order valence-electron chi connectivity index (χ1n) is 13.4. The first-order valence-corrected chi connectivity index (χ1v) is 13.4. The molecule has 0 spiro atoms. The van der Waals surface area contributed by atoms with E-state index >= 15 is 0 Å². The van der Waals surface area contributed by atoms with E-state index in [4.69, 9.17) is 9.47 Å². The molecule has 0 aromatic heterocycles. The van der Waals surface area contributed by atoms with Crippen molar-refractivity contribution in [1.29, 1.82) is 0 Å². The molecule has 4 nitrogen and oxygen atoms in total. The van der Waals surface area contributed by atoms with Gasteiger partial charge in [0.25, 0.3) is 0 Å². The lowest BCUT2D eigenvalue weighted by atomic mass is 9.79. The molecule has 2 fully saturated rings. The van der Waals surface area contributed by atoms with E-state index in [0.29, 0.717) is 6.61 Å². The van der Waals surface area contributed by atoms with Crippen molar-refractivity contribution >= 4 is 11.9 Å². The highest BCUT2D eigenvalue weighted by molar-refractivity contribution is 5.82. The lowest BCUT2D eigenvalue weighted by molar-refractivity contribution is -0.167. The molecule has 0 saturated heterocycles. The van der Waals surface area contributed by atoms with Gasteiger partial charge < -0.3 is 9.47 Å². The summed E-state index contributed by atoms with van der Waals surface area (Å²) >= 11 is 0. The quantitative estimate of drug-likeness (QED) is 0.210. The number of ether oxygens (including phenoxy) is 2. The molecule has 2 aliphatic carbocycles. The Hall–Kier alpha value is -1.06. The van der Waals surface area contributed by atoms with Crippen LogP contribution in [0.25, 0.3) is 0 Å². The number of esters is 2. The number of hydrogen-bond donors (Lipinski definition) is 0. The summed E-state index contributed by atoms with van der Waals surface area (Å²) < 4.78 is 11.4. The van der Waals surface area contributed by atoms with Gasteiger partial charge in [-0.2, -0.15) is 0 Å². The average Bonchev–Trinajstić information content (AvgIpc) is 2.77. The molecule has 0 heterocycles. The topological polar surface area (TPSA) is 52.6 Å². The molecule has 2 atom stereocenters. The van der Waals surface area contributed by atoms with Crippen LogP contribution in [0.3, 0.4) is 0 Å². The minimum Gasteiger partial charge on any atom is -0.465 e. The average molecular weight is 437 g/mol. The summed E-state index contributed by atoms with van der Waals surface area (Å²) in [7, 11) is 0. The Morgan fingerprint density at radius 2 is 1.19 bits per heavy atom. The zero-order valence-electron chi connectivity index (χ0n) is 20.4. The summed E-state index contributed by atoms with van der Waals surface area (Å²) in [6, 6.07) is 0. The summed E-state index contributed by atoms with van der Waals surface area (Å²) in [6.45, 7) is 5.09. The highest BCUT2D eigenvalue weighted by atomic mass is 16.5. The fourth-order valence-electron chi connectivity index (χ4n) is 5.12. The first kappa shape index (κ1) is 26.2. The Labute approximate surface area is 191 Å². The second-order valence-electron chi connectivity index (χ2n) is 10.4. The van der Waals surface area contributed by atoms with Crippen LogP contribution in [0.15, 0.2) is 0 Å². The van der Waals surface area contributed by atoms with Crippen molar-refractivity contribution in [2.24, 2.45) is 17.8 Å². The van der Waals surface area contributed by atoms with Gasteiger partial charge in [-0.1, -0.05) is 84.5 Å². The molecule has 31 heavy (non-hydrogen) atoms. The van der Waals surface area contributed by atoms with E-state index in [1.54, 1.807) is 0 Å². The summed E-state index contributed by atoms with van der Waals surface area (Å²) in [6.07, 6.45) is 20.4. The molecule has 0 aliphatic heterocycles. The summed E-state index contributed by atoms with van der Waals surface area (Å²) in [5.74, 6) is -0.0823. The highest BCUT2D eigenvalue weighted by Crippen LogP contribution is 2.33. The molecule has 2 saturated carbocycles. The van der Waals surface area contributed by atoms with Gasteiger partial charge in [-0.3, -0.25) is 9.59 Å². The van der Waals surface area contributed by atoms with Crippen molar-refractivity contribution in [2.75, 3.05) is 6.61 Å². The molecule has 4 heteroatoms. The van der Waals surface area contributed by atoms with Gasteiger partial charge in [0.05, 0.1) is 18.4 Å². The normalized spacial score (nSPS) is 22.4. The number of carbonyl (C=O) groups excluding carboxylic acids is 2. The summed E-state index contributed by atoms with van der Waals surface area (Å²) in [4.78, 5) is 25.4. The zero-order valence-corrected chi connectivity index (χ0v) is 20.4. The fraction of sp³-hybridized carbons (Fsp3) is 0.926. The third-order valence-corrected chi connectivity index (χ3v) is 7.13. The second kappa shape index (κ2) is 15.7. The Bertz CT molecular complexity index is 495. The van der Waals surface area contributed by atoms with Gasteiger partial charge in [-0.05, 0) is 50.9 Å². The summed E-state index contributed by atoms with van der Waals surface area (Å²) in [5, 5.41) is 0. The van der Waals surface area contributed by atoms with Gasteiger partial charge in [0.2, 0.25) is 0 Å². The number of rotatable bonds is 14. The highest BCUT2D eigenvalue weighted by Gasteiger charge is 2.38. The largest absolute Gasteiger partial charge is 0.465 e. The van der Waals surface area contributed by atoms with E-state index in [1.807, 2.05) is 0 Å². The third kappa shape index (κ3) is 10.9. The van der Waals surface area contributed by atoms with Gasteiger partial charge in [-0.25, -0.2) is 0 Å². The van der Waals surface area contributed by atoms with Crippen molar-refractivity contribution in [2.45, 2.75) is 136 Å². The van der Waals surface area contributed by atoms with Crippen LogP contribution in [-0.4, -0.2) is 24.6 Å². The molecule has 2 unspecified atom stereocenters. The van der Waals surface area contributed by atoms with Crippen molar-refractivity contribution < 1.29 is 19.1 Å². The Morgan fingerprint density at radius 1 is 0.677 bits per heavy atom. The molecule has 0 amide bonds. The second-order valence-corrected chi connectivity index (χ2v) is 10.4. The maximum Gasteiger partial charge on any atom is 0.310 e. The predicted octanol–water partition coefficient (Wildman–Crippen LogP) is 7.38. The van der Waals surface area contributed by atoms with Crippen LogP contribution in [0.2, 0.25) is 0 Å². The van der Waals surface area contributed by atoms with Crippen LogP contribution < -0.4 is 0 Å². The molecule has 2 aliphatic rings. The molecule has 180 valence electrons. The SMILES string of the molecule is CC(C)CCCCCCCCCCOC(=O)C1CCCCC1C(=O)OC1CCCCC1. The Morgan fingerprint density at radius 3 is 1.81 bits per heavy atom. The van der Waals surface area contributed by atoms with Crippen LogP contribution in [0.1, 0.15) is 129 Å². The molecular formula is C27H48O4. The predicted molar refractivity (Wildman–Crippen MR) is 126 cm³/mol. The lowest BCUT2D eigenvalue weighted by Gasteiger charge is -2.30. The van der Waals surface area contributed by atoms with Gasteiger partial charge in [0.15, 0.2) is 0 Å². The van der Waals surface area contributed by atoms with Gasteiger partial charge in [-0.15, -0.1) is 0 Å². The molecular weight excluding hydrogens is 388 g/mol. The molecule has 0 radical (unpaired) electrons. The van der Waals surface area contributed by atoms with Crippen molar-refractivity contribution in [1.82, 2.24) is 0 Å². The van der Waals surface area contributed by atoms with Crippen LogP contribution in [0.4, 0.5) is 0 Å².